The van der Waals surface area contributed by atoms with Gasteiger partial charge in [-0.05, 0) is 74.8 Å². The number of nitrogens with one attached hydrogen (secondary N) is 1. The van der Waals surface area contributed by atoms with Crippen LogP contribution in [0.15, 0.2) is 72.8 Å². The minimum Gasteiger partial charge on any atom is -0.488 e. The normalized spacial score (nSPS) is 19.9. The van der Waals surface area contributed by atoms with E-state index >= 15 is 0 Å². The fourth-order valence-corrected chi connectivity index (χ4v) is 6.31. The summed E-state index contributed by atoms with van der Waals surface area (Å²) in [5.74, 6) is 2.28. The van der Waals surface area contributed by atoms with E-state index < -0.39 is 0 Å². The van der Waals surface area contributed by atoms with Crippen molar-refractivity contribution in [3.63, 3.8) is 0 Å². The van der Waals surface area contributed by atoms with E-state index in [2.05, 4.69) is 36.3 Å². The maximum Gasteiger partial charge on any atom is 0.227 e. The molecule has 1 aliphatic heterocycles. The first kappa shape index (κ1) is 32.5. The molecule has 5 rings (SSSR count). The predicted molar refractivity (Wildman–Crippen MR) is 176 cm³/mol. The molecule has 3 aromatic carbocycles. The van der Waals surface area contributed by atoms with Crippen molar-refractivity contribution in [2.75, 3.05) is 32.1 Å². The lowest BCUT2D eigenvalue weighted by atomic mass is 9.88. The Labute approximate surface area is 267 Å². The summed E-state index contributed by atoms with van der Waals surface area (Å²) in [6.45, 7) is 5.69. The predicted octanol–water partition coefficient (Wildman–Crippen LogP) is 6.28. The molecule has 45 heavy (non-hydrogen) atoms. The Morgan fingerprint density at radius 1 is 1.04 bits per heavy atom. The second-order valence-electron chi connectivity index (χ2n) is 12.8. The van der Waals surface area contributed by atoms with E-state index in [-0.39, 0.29) is 48.8 Å². The van der Waals surface area contributed by atoms with Crippen LogP contribution in [0.4, 0.5) is 5.69 Å². The van der Waals surface area contributed by atoms with Gasteiger partial charge in [-0.1, -0.05) is 56.5 Å². The maximum atomic E-state index is 13.6. The number of fused-ring (bicyclic) bond motifs is 1. The topological polar surface area (TPSA) is 91.3 Å². The van der Waals surface area contributed by atoms with Gasteiger partial charge in [-0.2, -0.15) is 0 Å². The highest BCUT2D eigenvalue weighted by Crippen LogP contribution is 2.31. The number of carbonyl (C=O) groups is 2. The Hall–Kier alpha value is -3.88. The lowest BCUT2D eigenvalue weighted by Crippen LogP contribution is -2.47. The molecule has 8 nitrogen and oxygen atoms in total. The number of likely N-dealkylation sites (N-methyl/N-ethyl adjacent to an activating group) is 1. The minimum atomic E-state index is -0.314. The van der Waals surface area contributed by atoms with Crippen LogP contribution < -0.4 is 14.8 Å². The standard InChI is InChI=1S/C37H47N3O5/c1-26-22-40(27(2)25-41)36(42)21-30-20-31(38-37(43)29-10-6-4-7-11-29)16-19-34(30)45-35(26)24-39(3)23-28-14-17-33(18-15-28)44-32-12-8-5-9-13-32/h5,8-9,12-20,26-27,29,35,41H,4,6-7,10-11,21-25H2,1-3H3,(H,38,43)/t26-,27+,35+/m0/s1. The number of anilines is 1. The van der Waals surface area contributed by atoms with Crippen molar-refractivity contribution in [1.29, 1.82) is 0 Å². The molecule has 2 N–H and O–H groups in total. The van der Waals surface area contributed by atoms with Crippen LogP contribution in [0, 0.1) is 11.8 Å². The number of carbonyl (C=O) groups excluding carboxylic acids is 2. The number of aliphatic hydroxyl groups is 1. The van der Waals surface area contributed by atoms with Gasteiger partial charge in [0, 0.05) is 42.7 Å². The molecule has 8 heteroatoms. The van der Waals surface area contributed by atoms with Crippen molar-refractivity contribution >= 4 is 17.5 Å². The van der Waals surface area contributed by atoms with Gasteiger partial charge >= 0.3 is 0 Å². The summed E-state index contributed by atoms with van der Waals surface area (Å²) in [7, 11) is 2.07. The summed E-state index contributed by atoms with van der Waals surface area (Å²) in [5.41, 5.74) is 2.58. The summed E-state index contributed by atoms with van der Waals surface area (Å²) in [4.78, 5) is 30.5. The Balaban J connectivity index is 1.30. The Bertz CT molecular complexity index is 1410. The fraction of sp³-hybridized carbons (Fsp3) is 0.459. The van der Waals surface area contributed by atoms with Crippen molar-refractivity contribution in [2.45, 2.75) is 71.1 Å². The summed E-state index contributed by atoms with van der Waals surface area (Å²) in [5, 5.41) is 13.1. The zero-order valence-corrected chi connectivity index (χ0v) is 26.8. The third-order valence-electron chi connectivity index (χ3n) is 9.01. The van der Waals surface area contributed by atoms with E-state index in [0.29, 0.717) is 31.1 Å². The molecule has 1 fully saturated rings. The molecule has 0 aromatic heterocycles. The molecule has 2 aliphatic rings. The number of hydrogen-bond donors (Lipinski definition) is 2. The highest BCUT2D eigenvalue weighted by atomic mass is 16.5. The van der Waals surface area contributed by atoms with E-state index in [1.807, 2.05) is 67.6 Å². The van der Waals surface area contributed by atoms with Crippen LogP contribution >= 0.6 is 0 Å². The zero-order chi connectivity index (χ0) is 31.8. The second-order valence-corrected chi connectivity index (χ2v) is 12.8. The van der Waals surface area contributed by atoms with Crippen molar-refractivity contribution in [3.05, 3.63) is 83.9 Å². The van der Waals surface area contributed by atoms with Crippen LogP contribution in [0.3, 0.4) is 0 Å². The molecular weight excluding hydrogens is 566 g/mol. The van der Waals surface area contributed by atoms with Gasteiger partial charge in [-0.3, -0.25) is 14.5 Å². The minimum absolute atomic E-state index is 0.00341. The Morgan fingerprint density at radius 3 is 2.47 bits per heavy atom. The molecule has 1 aliphatic carbocycles. The highest BCUT2D eigenvalue weighted by Gasteiger charge is 2.31. The van der Waals surface area contributed by atoms with Crippen LogP contribution in [0.25, 0.3) is 0 Å². The van der Waals surface area contributed by atoms with Gasteiger partial charge in [0.1, 0.15) is 23.4 Å². The highest BCUT2D eigenvalue weighted by molar-refractivity contribution is 5.93. The van der Waals surface area contributed by atoms with Gasteiger partial charge < -0.3 is 24.8 Å². The lowest BCUT2D eigenvalue weighted by Gasteiger charge is -2.34. The quantitative estimate of drug-likeness (QED) is 0.280. The molecule has 3 atom stereocenters. The van der Waals surface area contributed by atoms with Gasteiger partial charge in [0.25, 0.3) is 0 Å². The molecule has 1 saturated carbocycles. The van der Waals surface area contributed by atoms with E-state index in [9.17, 15) is 14.7 Å². The number of para-hydroxylation sites is 1. The number of ether oxygens (including phenoxy) is 2. The molecule has 1 heterocycles. The summed E-state index contributed by atoms with van der Waals surface area (Å²) in [6, 6.07) is 23.2. The van der Waals surface area contributed by atoms with Gasteiger partial charge in [-0.25, -0.2) is 0 Å². The van der Waals surface area contributed by atoms with Crippen molar-refractivity contribution in [1.82, 2.24) is 9.80 Å². The molecule has 0 saturated heterocycles. The van der Waals surface area contributed by atoms with Crippen LogP contribution in [0.1, 0.15) is 57.1 Å². The van der Waals surface area contributed by atoms with Crippen molar-refractivity contribution < 1.29 is 24.2 Å². The van der Waals surface area contributed by atoms with Crippen LogP contribution in [0.5, 0.6) is 17.2 Å². The third kappa shape index (κ3) is 8.86. The first-order valence-electron chi connectivity index (χ1n) is 16.3. The summed E-state index contributed by atoms with van der Waals surface area (Å²) >= 11 is 0. The van der Waals surface area contributed by atoms with E-state index in [1.165, 1.54) is 6.42 Å². The first-order chi connectivity index (χ1) is 21.8. The average molecular weight is 614 g/mol. The molecule has 0 unspecified atom stereocenters. The van der Waals surface area contributed by atoms with Gasteiger partial charge in [-0.15, -0.1) is 0 Å². The number of amides is 2. The number of benzene rings is 3. The van der Waals surface area contributed by atoms with Crippen molar-refractivity contribution in [2.24, 2.45) is 11.8 Å². The smallest absolute Gasteiger partial charge is 0.227 e. The van der Waals surface area contributed by atoms with Gasteiger partial charge in [0.05, 0.1) is 19.1 Å². The van der Waals surface area contributed by atoms with E-state index in [0.717, 1.165) is 48.3 Å². The van der Waals surface area contributed by atoms with Crippen LogP contribution in [0.2, 0.25) is 0 Å². The number of nitrogens with zero attached hydrogens (tertiary/aromatic N) is 2. The first-order valence-corrected chi connectivity index (χ1v) is 16.3. The Morgan fingerprint density at radius 2 is 1.76 bits per heavy atom. The molecule has 240 valence electrons. The molecule has 0 spiro atoms. The molecule has 0 radical (unpaired) electrons. The van der Waals surface area contributed by atoms with Gasteiger partial charge in [0.15, 0.2) is 0 Å². The summed E-state index contributed by atoms with van der Waals surface area (Å²) in [6.07, 6.45) is 5.14. The molecular formula is C37H47N3O5. The van der Waals surface area contributed by atoms with Crippen LogP contribution in [-0.4, -0.2) is 65.6 Å². The number of aliphatic hydroxyl groups excluding tert-OH is 1. The number of rotatable bonds is 10. The molecule has 3 aromatic rings. The number of hydrogen-bond acceptors (Lipinski definition) is 6. The second kappa shape index (κ2) is 15.4. The monoisotopic (exact) mass is 613 g/mol. The average Bonchev–Trinajstić information content (AvgIpc) is 3.09. The SMILES string of the molecule is C[C@H](CO)N1C[C@H](C)[C@@H](CN(C)Cc2ccc(Oc3ccccc3)cc2)Oc2ccc(NC(=O)C3CCCCC3)cc2CC1=O. The lowest BCUT2D eigenvalue weighted by molar-refractivity contribution is -0.134. The molecule has 2 amide bonds. The zero-order valence-electron chi connectivity index (χ0n) is 26.8. The third-order valence-corrected chi connectivity index (χ3v) is 9.01. The largest absolute Gasteiger partial charge is 0.488 e. The van der Waals surface area contributed by atoms with E-state index in [1.54, 1.807) is 4.90 Å². The fourth-order valence-electron chi connectivity index (χ4n) is 6.31. The summed E-state index contributed by atoms with van der Waals surface area (Å²) < 4.78 is 12.6. The van der Waals surface area contributed by atoms with Gasteiger partial charge in [0.2, 0.25) is 11.8 Å². The molecule has 0 bridgehead atoms. The van der Waals surface area contributed by atoms with Crippen LogP contribution in [-0.2, 0) is 22.6 Å². The maximum absolute atomic E-state index is 13.6. The van der Waals surface area contributed by atoms with Crippen molar-refractivity contribution in [3.8, 4) is 17.2 Å². The van der Waals surface area contributed by atoms with E-state index in [4.69, 9.17) is 9.47 Å². The Kier molecular flexibility index (Phi) is 11.1.